The number of anilines is 2. The van der Waals surface area contributed by atoms with E-state index in [1.165, 1.54) is 12.8 Å². The molecule has 7 nitrogen and oxygen atoms in total. The number of para-hydroxylation sites is 1. The third kappa shape index (κ3) is 3.21. The lowest BCUT2D eigenvalue weighted by molar-refractivity contribution is -0.110. The Bertz CT molecular complexity index is 1120. The number of hydrogen-bond acceptors (Lipinski definition) is 6. The summed E-state index contributed by atoms with van der Waals surface area (Å²) in [6.07, 6.45) is 2.47. The molecule has 1 fully saturated rings. The van der Waals surface area contributed by atoms with Crippen LogP contribution < -0.4 is 10.6 Å². The Morgan fingerprint density at radius 2 is 1.87 bits per heavy atom. The lowest BCUT2D eigenvalue weighted by Gasteiger charge is -2.13. The fraction of sp³-hybridized carbons (Fsp3) is 0.261. The summed E-state index contributed by atoms with van der Waals surface area (Å²) in [7, 11) is 0. The topological polar surface area (TPSA) is 89.8 Å². The molecule has 0 saturated carbocycles. The van der Waals surface area contributed by atoms with Crippen LogP contribution in [0, 0.1) is 11.3 Å². The van der Waals surface area contributed by atoms with E-state index in [4.69, 9.17) is 4.84 Å². The zero-order valence-electron chi connectivity index (χ0n) is 16.4. The van der Waals surface area contributed by atoms with Gasteiger partial charge in [0.25, 0.3) is 5.91 Å². The van der Waals surface area contributed by atoms with Crippen molar-refractivity contribution in [2.24, 2.45) is 5.16 Å². The molecule has 2 N–H and O–H groups in total. The largest absolute Gasteiger partial charge is 0.394 e. The van der Waals surface area contributed by atoms with Gasteiger partial charge in [-0.05, 0) is 50.2 Å². The van der Waals surface area contributed by atoms with Crippen LogP contribution in [0.3, 0.4) is 0 Å². The van der Waals surface area contributed by atoms with Crippen LogP contribution in [-0.4, -0.2) is 42.8 Å². The van der Waals surface area contributed by atoms with Crippen LogP contribution in [0.4, 0.5) is 11.4 Å². The third-order valence-corrected chi connectivity index (χ3v) is 5.68. The number of nitrogens with one attached hydrogen (secondary N) is 2. The summed E-state index contributed by atoms with van der Waals surface area (Å²) in [5.74, 6) is -0.222. The highest BCUT2D eigenvalue weighted by Gasteiger charge is 2.34. The fourth-order valence-electron chi connectivity index (χ4n) is 4.17. The first-order valence-electron chi connectivity index (χ1n) is 10.1. The molecule has 0 aliphatic carbocycles. The number of allylic oxidation sites excluding steroid dienone is 1. The normalized spacial score (nSPS) is 21.2. The van der Waals surface area contributed by atoms with Crippen LogP contribution in [-0.2, 0) is 9.63 Å². The van der Waals surface area contributed by atoms with Crippen LogP contribution in [0.1, 0.15) is 29.5 Å². The van der Waals surface area contributed by atoms with E-state index in [1.54, 1.807) is 18.2 Å². The first-order chi connectivity index (χ1) is 14.7. The maximum atomic E-state index is 12.8. The standard InChI is InChI=1S/C23H21N5O2/c24-14-15-7-8-19-17(13-15)20(23(29)26-19)22-21(16-5-1-2-6-18(16)25-22)27-30-12-11-28-9-3-4-10-28/h1-2,5-8,13,25H,3-4,9-12H2,(H,26,29)/b22-20-,27-21+. The Balaban J connectivity index is 1.51. The minimum atomic E-state index is -0.222. The van der Waals surface area contributed by atoms with E-state index < -0.39 is 0 Å². The van der Waals surface area contributed by atoms with Gasteiger partial charge in [-0.25, -0.2) is 0 Å². The van der Waals surface area contributed by atoms with Gasteiger partial charge in [-0.15, -0.1) is 0 Å². The van der Waals surface area contributed by atoms with Crippen LogP contribution in [0.25, 0.3) is 5.57 Å². The number of oxime groups is 1. The second-order valence-corrected chi connectivity index (χ2v) is 7.57. The van der Waals surface area contributed by atoms with Crippen molar-refractivity contribution in [1.82, 2.24) is 4.90 Å². The summed E-state index contributed by atoms with van der Waals surface area (Å²) in [6.45, 7) is 3.55. The lowest BCUT2D eigenvalue weighted by Crippen LogP contribution is -2.23. The number of likely N-dealkylation sites (tertiary alicyclic amines) is 1. The van der Waals surface area contributed by atoms with Crippen molar-refractivity contribution >= 4 is 28.6 Å². The molecule has 2 aromatic rings. The Labute approximate surface area is 174 Å². The van der Waals surface area contributed by atoms with E-state index >= 15 is 0 Å². The van der Waals surface area contributed by atoms with Crippen LogP contribution in [0.2, 0.25) is 0 Å². The molecular weight excluding hydrogens is 378 g/mol. The molecule has 0 radical (unpaired) electrons. The Hall–Kier alpha value is -3.63. The number of hydrogen-bond donors (Lipinski definition) is 2. The number of nitrogens with zero attached hydrogens (tertiary/aromatic N) is 3. The zero-order valence-corrected chi connectivity index (χ0v) is 16.4. The molecule has 3 heterocycles. The molecule has 0 spiro atoms. The van der Waals surface area contributed by atoms with Gasteiger partial charge in [0.2, 0.25) is 0 Å². The molecule has 0 bridgehead atoms. The monoisotopic (exact) mass is 399 g/mol. The Kier molecular flexibility index (Phi) is 4.69. The molecule has 30 heavy (non-hydrogen) atoms. The first kappa shape index (κ1) is 18.4. The molecule has 1 amide bonds. The van der Waals surface area contributed by atoms with Gasteiger partial charge in [-0.2, -0.15) is 5.26 Å². The maximum absolute atomic E-state index is 12.8. The number of nitriles is 1. The minimum absolute atomic E-state index is 0.222. The number of rotatable bonds is 4. The number of carbonyl (C=O) groups excluding carboxylic acids is 1. The smallest absolute Gasteiger partial charge is 0.258 e. The van der Waals surface area contributed by atoms with Crippen molar-refractivity contribution in [3.8, 4) is 6.07 Å². The van der Waals surface area contributed by atoms with Gasteiger partial charge in [-0.3, -0.25) is 9.69 Å². The van der Waals surface area contributed by atoms with Crippen molar-refractivity contribution in [1.29, 1.82) is 5.26 Å². The van der Waals surface area contributed by atoms with Crippen molar-refractivity contribution in [3.05, 3.63) is 64.9 Å². The van der Waals surface area contributed by atoms with E-state index in [2.05, 4.69) is 26.8 Å². The number of fused-ring (bicyclic) bond motifs is 2. The molecule has 1 saturated heterocycles. The van der Waals surface area contributed by atoms with Crippen molar-refractivity contribution in [2.45, 2.75) is 12.8 Å². The first-order valence-corrected chi connectivity index (χ1v) is 10.1. The lowest BCUT2D eigenvalue weighted by atomic mass is 10.00. The van der Waals surface area contributed by atoms with E-state index in [9.17, 15) is 10.1 Å². The van der Waals surface area contributed by atoms with Gasteiger partial charge < -0.3 is 15.5 Å². The molecular formula is C23H21N5O2. The van der Waals surface area contributed by atoms with Gasteiger partial charge in [-0.1, -0.05) is 23.4 Å². The number of benzene rings is 2. The number of amides is 1. The summed E-state index contributed by atoms with van der Waals surface area (Å²) >= 11 is 0. The molecule has 2 aromatic carbocycles. The van der Waals surface area contributed by atoms with Crippen LogP contribution >= 0.6 is 0 Å². The molecule has 0 atom stereocenters. The van der Waals surface area contributed by atoms with Gasteiger partial charge in [0.15, 0.2) is 0 Å². The predicted octanol–water partition coefficient (Wildman–Crippen LogP) is 3.16. The number of carbonyl (C=O) groups is 1. The summed E-state index contributed by atoms with van der Waals surface area (Å²) in [5, 5.41) is 19.9. The average molecular weight is 399 g/mol. The van der Waals surface area contributed by atoms with E-state index in [0.29, 0.717) is 40.4 Å². The molecule has 7 heteroatoms. The minimum Gasteiger partial charge on any atom is -0.394 e. The fourth-order valence-corrected chi connectivity index (χ4v) is 4.17. The quantitative estimate of drug-likeness (QED) is 0.468. The maximum Gasteiger partial charge on any atom is 0.258 e. The third-order valence-electron chi connectivity index (χ3n) is 5.68. The van der Waals surface area contributed by atoms with Crippen molar-refractivity contribution < 1.29 is 9.63 Å². The van der Waals surface area contributed by atoms with E-state index in [1.807, 2.05) is 24.3 Å². The molecule has 5 rings (SSSR count). The SMILES string of the molecule is N#Cc1ccc2c(c1)/C(=C1/Nc3ccccc3/C1=N\OCCN1CCCC1)C(=O)N2. The second-order valence-electron chi connectivity index (χ2n) is 7.57. The molecule has 0 unspecified atom stereocenters. The molecule has 150 valence electrons. The highest BCUT2D eigenvalue weighted by atomic mass is 16.6. The van der Waals surface area contributed by atoms with Gasteiger partial charge in [0, 0.05) is 29.0 Å². The van der Waals surface area contributed by atoms with Crippen molar-refractivity contribution in [2.75, 3.05) is 36.9 Å². The molecule has 0 aromatic heterocycles. The van der Waals surface area contributed by atoms with Crippen molar-refractivity contribution in [3.63, 3.8) is 0 Å². The zero-order chi connectivity index (χ0) is 20.5. The Morgan fingerprint density at radius 3 is 2.70 bits per heavy atom. The summed E-state index contributed by atoms with van der Waals surface area (Å²) in [4.78, 5) is 20.9. The van der Waals surface area contributed by atoms with E-state index in [0.717, 1.165) is 30.9 Å². The van der Waals surface area contributed by atoms with Crippen LogP contribution in [0.5, 0.6) is 0 Å². The summed E-state index contributed by atoms with van der Waals surface area (Å²) in [6, 6.07) is 15.1. The Morgan fingerprint density at radius 1 is 1.07 bits per heavy atom. The van der Waals surface area contributed by atoms with Gasteiger partial charge >= 0.3 is 0 Å². The van der Waals surface area contributed by atoms with E-state index in [-0.39, 0.29) is 5.91 Å². The molecule has 3 aliphatic rings. The summed E-state index contributed by atoms with van der Waals surface area (Å²) < 4.78 is 0. The van der Waals surface area contributed by atoms with Gasteiger partial charge in [0.1, 0.15) is 12.3 Å². The van der Waals surface area contributed by atoms with Gasteiger partial charge in [0.05, 0.1) is 22.9 Å². The molecule has 3 aliphatic heterocycles. The highest BCUT2D eigenvalue weighted by Crippen LogP contribution is 2.39. The highest BCUT2D eigenvalue weighted by molar-refractivity contribution is 6.39. The average Bonchev–Trinajstić information content (AvgIpc) is 3.47. The predicted molar refractivity (Wildman–Crippen MR) is 115 cm³/mol. The van der Waals surface area contributed by atoms with Crippen LogP contribution in [0.15, 0.2) is 53.3 Å². The summed E-state index contributed by atoms with van der Waals surface area (Å²) in [5.41, 5.74) is 5.32. The second kappa shape index (κ2) is 7.65.